The SMILES string of the molecule is O=C(OCc1ccccc1)c1ccc(Nc2ncc(C(F)(F)F)c(N[C@@H]3CC34CCC[C@@H]4C(=O)O)n2)cc1. The maximum atomic E-state index is 13.7. The van der Waals surface area contributed by atoms with E-state index in [2.05, 4.69) is 20.6 Å². The van der Waals surface area contributed by atoms with Crippen LogP contribution in [0, 0.1) is 11.3 Å². The number of benzene rings is 2. The molecule has 0 saturated heterocycles. The number of aromatic nitrogens is 2. The number of halogens is 3. The van der Waals surface area contributed by atoms with Crippen molar-refractivity contribution < 1.29 is 32.6 Å². The molecule has 11 heteroatoms. The van der Waals surface area contributed by atoms with Gasteiger partial charge >= 0.3 is 18.1 Å². The first kappa shape index (κ1) is 25.5. The van der Waals surface area contributed by atoms with E-state index in [4.69, 9.17) is 4.74 Å². The van der Waals surface area contributed by atoms with Gasteiger partial charge in [0, 0.05) is 23.3 Å². The van der Waals surface area contributed by atoms with Gasteiger partial charge in [-0.25, -0.2) is 9.78 Å². The summed E-state index contributed by atoms with van der Waals surface area (Å²) in [6.07, 6.45) is -1.60. The summed E-state index contributed by atoms with van der Waals surface area (Å²) in [6.45, 7) is 0.129. The van der Waals surface area contributed by atoms with Crippen LogP contribution in [0.2, 0.25) is 0 Å². The van der Waals surface area contributed by atoms with E-state index >= 15 is 0 Å². The first-order valence-electron chi connectivity index (χ1n) is 12.2. The zero-order valence-corrected chi connectivity index (χ0v) is 20.2. The Balaban J connectivity index is 1.27. The van der Waals surface area contributed by atoms with Crippen molar-refractivity contribution in [1.29, 1.82) is 0 Å². The highest BCUT2D eigenvalue weighted by Crippen LogP contribution is 2.62. The van der Waals surface area contributed by atoms with Gasteiger partial charge in [-0.2, -0.15) is 18.2 Å². The number of carboxylic acids is 1. The summed E-state index contributed by atoms with van der Waals surface area (Å²) in [5.41, 5.74) is 0.0572. The number of hydrogen-bond donors (Lipinski definition) is 3. The molecule has 1 unspecified atom stereocenters. The lowest BCUT2D eigenvalue weighted by atomic mass is 9.92. The minimum atomic E-state index is -4.69. The summed E-state index contributed by atoms with van der Waals surface area (Å²) in [7, 11) is 0. The summed E-state index contributed by atoms with van der Waals surface area (Å²) in [5, 5.41) is 15.2. The summed E-state index contributed by atoms with van der Waals surface area (Å²) in [4.78, 5) is 31.8. The maximum Gasteiger partial charge on any atom is 0.421 e. The van der Waals surface area contributed by atoms with Crippen molar-refractivity contribution in [2.75, 3.05) is 10.6 Å². The van der Waals surface area contributed by atoms with Crippen molar-refractivity contribution in [2.24, 2.45) is 11.3 Å². The number of ether oxygens (including phenoxy) is 1. The second kappa shape index (κ2) is 9.96. The van der Waals surface area contributed by atoms with Gasteiger partial charge < -0.3 is 20.5 Å². The van der Waals surface area contributed by atoms with Crippen LogP contribution in [0.1, 0.15) is 47.2 Å². The molecule has 2 fully saturated rings. The van der Waals surface area contributed by atoms with E-state index in [1.54, 1.807) is 12.1 Å². The molecule has 3 aromatic rings. The molecule has 3 atom stereocenters. The zero-order chi connectivity index (χ0) is 26.9. The molecule has 198 valence electrons. The zero-order valence-electron chi connectivity index (χ0n) is 20.2. The molecule has 0 amide bonds. The number of esters is 1. The molecule has 1 spiro atoms. The summed E-state index contributed by atoms with van der Waals surface area (Å²) < 4.78 is 46.3. The molecular formula is C27H25F3N4O4. The average molecular weight is 527 g/mol. The third-order valence-electron chi connectivity index (χ3n) is 7.24. The molecule has 2 aliphatic rings. The monoisotopic (exact) mass is 526 g/mol. The molecule has 0 bridgehead atoms. The van der Waals surface area contributed by atoms with Crippen LogP contribution in [0.15, 0.2) is 60.8 Å². The van der Waals surface area contributed by atoms with Crippen LogP contribution in [0.3, 0.4) is 0 Å². The summed E-state index contributed by atoms with van der Waals surface area (Å²) in [5.74, 6) is -2.47. The number of hydrogen-bond acceptors (Lipinski definition) is 7. The van der Waals surface area contributed by atoms with Crippen LogP contribution in [-0.2, 0) is 22.3 Å². The van der Waals surface area contributed by atoms with Crippen molar-refractivity contribution in [3.63, 3.8) is 0 Å². The van der Waals surface area contributed by atoms with E-state index in [0.29, 0.717) is 36.7 Å². The molecule has 38 heavy (non-hydrogen) atoms. The smallest absolute Gasteiger partial charge is 0.421 e. The van der Waals surface area contributed by atoms with Gasteiger partial charge in [-0.05, 0) is 49.1 Å². The second-order valence-electron chi connectivity index (χ2n) is 9.63. The van der Waals surface area contributed by atoms with Crippen LogP contribution >= 0.6 is 0 Å². The number of alkyl halides is 3. The number of aliphatic carboxylic acids is 1. The van der Waals surface area contributed by atoms with Crippen molar-refractivity contribution in [3.8, 4) is 0 Å². The van der Waals surface area contributed by atoms with Gasteiger partial charge in [-0.3, -0.25) is 4.79 Å². The fourth-order valence-electron chi connectivity index (χ4n) is 5.19. The van der Waals surface area contributed by atoms with Gasteiger partial charge in [-0.1, -0.05) is 36.8 Å². The van der Waals surface area contributed by atoms with E-state index in [1.165, 1.54) is 12.1 Å². The Bertz CT molecular complexity index is 1330. The molecule has 5 rings (SSSR count). The van der Waals surface area contributed by atoms with E-state index in [-0.39, 0.29) is 12.6 Å². The normalized spacial score (nSPS) is 22.2. The Morgan fingerprint density at radius 1 is 1.11 bits per heavy atom. The molecule has 8 nitrogen and oxygen atoms in total. The largest absolute Gasteiger partial charge is 0.481 e. The van der Waals surface area contributed by atoms with Gasteiger partial charge in [0.25, 0.3) is 0 Å². The average Bonchev–Trinajstić information content (AvgIpc) is 3.37. The van der Waals surface area contributed by atoms with Gasteiger partial charge in [0.1, 0.15) is 18.0 Å². The fourth-order valence-corrected chi connectivity index (χ4v) is 5.19. The molecular weight excluding hydrogens is 501 g/mol. The molecule has 3 N–H and O–H groups in total. The summed E-state index contributed by atoms with van der Waals surface area (Å²) in [6, 6.07) is 15.0. The topological polar surface area (TPSA) is 113 Å². The highest BCUT2D eigenvalue weighted by atomic mass is 19.4. The second-order valence-corrected chi connectivity index (χ2v) is 9.63. The van der Waals surface area contributed by atoms with Gasteiger partial charge in [-0.15, -0.1) is 0 Å². The molecule has 0 aliphatic heterocycles. The molecule has 2 aliphatic carbocycles. The predicted molar refractivity (Wildman–Crippen MR) is 132 cm³/mol. The van der Waals surface area contributed by atoms with Crippen LogP contribution in [0.5, 0.6) is 0 Å². The molecule has 1 heterocycles. The van der Waals surface area contributed by atoms with E-state index in [0.717, 1.165) is 12.0 Å². The van der Waals surface area contributed by atoms with Crippen molar-refractivity contribution >= 4 is 29.4 Å². The van der Waals surface area contributed by atoms with E-state index < -0.39 is 46.9 Å². The summed E-state index contributed by atoms with van der Waals surface area (Å²) >= 11 is 0. The lowest BCUT2D eigenvalue weighted by Gasteiger charge is -2.19. The first-order valence-corrected chi connectivity index (χ1v) is 12.2. The Morgan fingerprint density at radius 2 is 1.84 bits per heavy atom. The highest BCUT2D eigenvalue weighted by molar-refractivity contribution is 5.89. The molecule has 1 aromatic heterocycles. The Labute approximate surface area is 216 Å². The number of carbonyl (C=O) groups excluding carboxylic acids is 1. The maximum absolute atomic E-state index is 13.7. The number of anilines is 3. The Morgan fingerprint density at radius 3 is 2.53 bits per heavy atom. The Hall–Kier alpha value is -4.15. The van der Waals surface area contributed by atoms with E-state index in [9.17, 15) is 27.9 Å². The minimum Gasteiger partial charge on any atom is -0.481 e. The molecule has 2 saturated carbocycles. The first-order chi connectivity index (χ1) is 18.2. The fraction of sp³-hybridized carbons (Fsp3) is 0.333. The van der Waals surface area contributed by atoms with Crippen LogP contribution in [0.25, 0.3) is 0 Å². The third kappa shape index (κ3) is 5.27. The van der Waals surface area contributed by atoms with E-state index in [1.807, 2.05) is 30.3 Å². The number of carboxylic acid groups (broad SMARTS) is 1. The predicted octanol–water partition coefficient (Wildman–Crippen LogP) is 5.65. The van der Waals surface area contributed by atoms with Crippen molar-refractivity contribution in [1.82, 2.24) is 9.97 Å². The highest BCUT2D eigenvalue weighted by Gasteiger charge is 2.63. The minimum absolute atomic E-state index is 0.0733. The van der Waals surface area contributed by atoms with Gasteiger partial charge in [0.15, 0.2) is 0 Å². The quantitative estimate of drug-likeness (QED) is 0.323. The number of rotatable bonds is 8. The lowest BCUT2D eigenvalue weighted by Crippen LogP contribution is -2.26. The Kier molecular flexibility index (Phi) is 6.68. The van der Waals surface area contributed by atoms with Gasteiger partial charge in [0.2, 0.25) is 5.95 Å². The molecule has 0 radical (unpaired) electrons. The van der Waals surface area contributed by atoms with Crippen molar-refractivity contribution in [2.45, 2.75) is 44.5 Å². The number of nitrogens with one attached hydrogen (secondary N) is 2. The van der Waals surface area contributed by atoms with Crippen LogP contribution in [0.4, 0.5) is 30.6 Å². The van der Waals surface area contributed by atoms with Crippen LogP contribution < -0.4 is 10.6 Å². The van der Waals surface area contributed by atoms with Gasteiger partial charge in [0.05, 0.1) is 11.5 Å². The third-order valence-corrected chi connectivity index (χ3v) is 7.24. The number of carbonyl (C=O) groups is 2. The molecule has 2 aromatic carbocycles. The number of nitrogens with zero attached hydrogens (tertiary/aromatic N) is 2. The van der Waals surface area contributed by atoms with Crippen molar-refractivity contribution in [3.05, 3.63) is 77.5 Å². The van der Waals surface area contributed by atoms with Crippen LogP contribution in [-0.4, -0.2) is 33.1 Å². The standard InChI is InChI=1S/C27H25F3N4O4/c28-27(29,30)20-14-31-25(34-22(20)33-21-13-26(21)12-4-7-19(26)23(35)36)32-18-10-8-17(9-11-18)24(37)38-15-16-5-2-1-3-6-16/h1-3,5-6,8-11,14,19,21H,4,7,12-13,15H2,(H,35,36)(H2,31,32,33,34)/t19-,21-,26?/m1/s1. The lowest BCUT2D eigenvalue weighted by molar-refractivity contribution is -0.143.